The molecule has 0 spiro atoms. The molecule has 0 aromatic rings. The first-order valence-electron chi connectivity index (χ1n) is 9.39. The minimum absolute atomic E-state index is 0.0556. The molecule has 0 saturated heterocycles. The molecule has 0 aromatic carbocycles. The zero-order valence-electron chi connectivity index (χ0n) is 17.5. The van der Waals surface area contributed by atoms with E-state index in [2.05, 4.69) is 39.3 Å². The summed E-state index contributed by atoms with van der Waals surface area (Å²) in [7, 11) is 4.53. The molecule has 0 fully saturated rings. The van der Waals surface area contributed by atoms with Crippen molar-refractivity contribution in [2.75, 3.05) is 13.1 Å². The third kappa shape index (κ3) is 40.3. The van der Waals surface area contributed by atoms with Crippen LogP contribution in [0.3, 0.4) is 0 Å². The van der Waals surface area contributed by atoms with Crippen LogP contribution in [0.25, 0.3) is 0 Å². The standard InChI is InChI=1S/C8H15NO3.C5H11NO.C3H8.C2H4BNO/c1-3-5-6(8(11)12)9-7(10)4-2;1-2-3-4-6-5-7;1-3-2;3-2(5)1-4/h6H,3-5H2,1-2H3,(H,9,10)(H,11,12);5H,2-4H2,1H3,(H,6,7);3H2,1-2H3;1,4H2. The van der Waals surface area contributed by atoms with E-state index in [0.29, 0.717) is 12.8 Å². The van der Waals surface area contributed by atoms with E-state index >= 15 is 0 Å². The maximum absolute atomic E-state index is 10.8. The highest BCUT2D eigenvalue weighted by Crippen LogP contribution is 1.97. The summed E-state index contributed by atoms with van der Waals surface area (Å²) < 4.78 is 0. The summed E-state index contributed by atoms with van der Waals surface area (Å²) in [5.41, 5.74) is 4.23. The van der Waals surface area contributed by atoms with Crippen molar-refractivity contribution >= 4 is 31.8 Å². The molecular formula is C18H38BN3O5. The van der Waals surface area contributed by atoms with Gasteiger partial charge in [0.2, 0.25) is 12.3 Å². The number of hydrogen-bond acceptors (Lipinski definition) is 5. The lowest BCUT2D eigenvalue weighted by Gasteiger charge is -2.12. The SMILES string of the molecule is CCC.CCCC(NC(=O)CC)C(=O)O.CCCCNC=O.[B]C(=O)CN. The molecule has 2 amide bonds. The number of hydrogen-bond donors (Lipinski definition) is 4. The van der Waals surface area contributed by atoms with Crippen LogP contribution in [0.4, 0.5) is 0 Å². The van der Waals surface area contributed by atoms with Gasteiger partial charge in [-0.25, -0.2) is 4.79 Å². The molecule has 27 heavy (non-hydrogen) atoms. The van der Waals surface area contributed by atoms with E-state index in [9.17, 15) is 19.2 Å². The molecule has 0 heterocycles. The van der Waals surface area contributed by atoms with Gasteiger partial charge in [-0.2, -0.15) is 0 Å². The van der Waals surface area contributed by atoms with Crippen LogP contribution in [-0.4, -0.2) is 56.1 Å². The molecule has 9 heteroatoms. The Bertz CT molecular complexity index is 367. The molecule has 0 aliphatic carbocycles. The van der Waals surface area contributed by atoms with Crippen molar-refractivity contribution in [3.8, 4) is 0 Å². The largest absolute Gasteiger partial charge is 0.480 e. The molecule has 0 aromatic heterocycles. The van der Waals surface area contributed by atoms with Gasteiger partial charge in [-0.3, -0.25) is 9.59 Å². The number of nitrogens with two attached hydrogens (primary N) is 1. The Morgan fingerprint density at radius 2 is 1.59 bits per heavy atom. The van der Waals surface area contributed by atoms with Crippen LogP contribution in [0.15, 0.2) is 0 Å². The van der Waals surface area contributed by atoms with Crippen LogP contribution in [0.2, 0.25) is 0 Å². The minimum Gasteiger partial charge on any atom is -0.480 e. The van der Waals surface area contributed by atoms with Crippen molar-refractivity contribution in [2.45, 2.75) is 79.2 Å². The van der Waals surface area contributed by atoms with E-state index in [1.54, 1.807) is 6.92 Å². The number of rotatable bonds is 10. The second-order valence-electron chi connectivity index (χ2n) is 5.40. The zero-order chi connectivity index (χ0) is 22.1. The second kappa shape index (κ2) is 28.9. The molecule has 5 N–H and O–H groups in total. The highest BCUT2D eigenvalue weighted by Gasteiger charge is 2.17. The van der Waals surface area contributed by atoms with Crippen molar-refractivity contribution in [3.05, 3.63) is 0 Å². The predicted octanol–water partition coefficient (Wildman–Crippen LogP) is 1.35. The highest BCUT2D eigenvalue weighted by atomic mass is 16.4. The topological polar surface area (TPSA) is 139 Å². The summed E-state index contributed by atoms with van der Waals surface area (Å²) in [6.07, 6.45) is 5.77. The monoisotopic (exact) mass is 387 g/mol. The van der Waals surface area contributed by atoms with E-state index in [4.69, 9.17) is 10.8 Å². The molecule has 0 aliphatic heterocycles. The van der Waals surface area contributed by atoms with Gasteiger partial charge in [0.15, 0.2) is 7.85 Å². The number of amides is 2. The van der Waals surface area contributed by atoms with Crippen molar-refractivity contribution in [3.63, 3.8) is 0 Å². The van der Waals surface area contributed by atoms with Crippen LogP contribution in [0, 0.1) is 0 Å². The van der Waals surface area contributed by atoms with E-state index in [1.165, 1.54) is 6.42 Å². The second-order valence-corrected chi connectivity index (χ2v) is 5.40. The number of unbranched alkanes of at least 4 members (excludes halogenated alkanes) is 1. The summed E-state index contributed by atoms with van der Waals surface area (Å²) >= 11 is 0. The maximum Gasteiger partial charge on any atom is 0.326 e. The molecule has 0 bridgehead atoms. The van der Waals surface area contributed by atoms with Gasteiger partial charge in [-0.1, -0.05) is 53.9 Å². The summed E-state index contributed by atoms with van der Waals surface area (Å²) in [6, 6.07) is -0.720. The fraction of sp³-hybridized carbons (Fsp3) is 0.778. The third-order valence-electron chi connectivity index (χ3n) is 2.49. The van der Waals surface area contributed by atoms with Crippen LogP contribution >= 0.6 is 0 Å². The van der Waals surface area contributed by atoms with Gasteiger partial charge in [0.05, 0.1) is 5.68 Å². The third-order valence-corrected chi connectivity index (χ3v) is 2.49. The molecule has 2 radical (unpaired) electrons. The summed E-state index contributed by atoms with van der Waals surface area (Å²) in [6.45, 7) is 10.7. The average molecular weight is 387 g/mol. The molecule has 0 aliphatic rings. The van der Waals surface area contributed by atoms with E-state index < -0.39 is 17.7 Å². The maximum atomic E-state index is 10.8. The number of carbonyl (C=O) groups is 4. The quantitative estimate of drug-likeness (QED) is 0.254. The van der Waals surface area contributed by atoms with Gasteiger partial charge in [0.25, 0.3) is 0 Å². The van der Waals surface area contributed by atoms with Gasteiger partial charge in [-0.15, -0.1) is 0 Å². The first-order valence-corrected chi connectivity index (χ1v) is 9.39. The Labute approximate surface area is 165 Å². The highest BCUT2D eigenvalue weighted by molar-refractivity contribution is 6.58. The summed E-state index contributed by atoms with van der Waals surface area (Å²) in [4.78, 5) is 40.4. The van der Waals surface area contributed by atoms with E-state index in [0.717, 1.165) is 32.2 Å². The fourth-order valence-electron chi connectivity index (χ4n) is 1.18. The molecule has 158 valence electrons. The normalized spacial score (nSPS) is 9.56. The number of carboxylic acids is 1. The van der Waals surface area contributed by atoms with E-state index in [1.807, 2.05) is 6.92 Å². The van der Waals surface area contributed by atoms with Gasteiger partial charge in [0.1, 0.15) is 6.04 Å². The zero-order valence-corrected chi connectivity index (χ0v) is 17.5. The Morgan fingerprint density at radius 3 is 1.85 bits per heavy atom. The first-order chi connectivity index (χ1) is 12.7. The molecule has 1 unspecified atom stereocenters. The Hall–Kier alpha value is -1.90. The van der Waals surface area contributed by atoms with Crippen LogP contribution in [-0.2, 0) is 19.2 Å². The molecule has 0 rings (SSSR count). The Balaban J connectivity index is -0.000000149. The van der Waals surface area contributed by atoms with Crippen LogP contribution in [0.1, 0.15) is 73.1 Å². The fourth-order valence-corrected chi connectivity index (χ4v) is 1.18. The first kappa shape index (κ1) is 32.7. The van der Waals surface area contributed by atoms with Gasteiger partial charge in [-0.05, 0) is 12.8 Å². The smallest absolute Gasteiger partial charge is 0.326 e. The number of nitrogens with one attached hydrogen (secondary N) is 2. The average Bonchev–Trinajstić information content (AvgIpc) is 2.63. The van der Waals surface area contributed by atoms with Crippen molar-refractivity contribution in [1.82, 2.24) is 10.6 Å². The summed E-state index contributed by atoms with van der Waals surface area (Å²) in [5, 5.41) is 13.6. The van der Waals surface area contributed by atoms with Crippen molar-refractivity contribution in [2.24, 2.45) is 5.73 Å². The molecule has 8 nitrogen and oxygen atoms in total. The molecule has 1 atom stereocenters. The lowest BCUT2D eigenvalue weighted by Crippen LogP contribution is -2.40. The number of aliphatic carboxylic acids is 1. The minimum atomic E-state index is -0.960. The predicted molar refractivity (Wildman–Crippen MR) is 110 cm³/mol. The van der Waals surface area contributed by atoms with Crippen molar-refractivity contribution < 1.29 is 24.3 Å². The molecule has 0 saturated carbocycles. The lowest BCUT2D eigenvalue weighted by molar-refractivity contribution is -0.142. The Morgan fingerprint density at radius 1 is 1.11 bits per heavy atom. The van der Waals surface area contributed by atoms with Gasteiger partial charge >= 0.3 is 5.97 Å². The van der Waals surface area contributed by atoms with Crippen molar-refractivity contribution in [1.29, 1.82) is 0 Å². The Kier molecular flexibility index (Phi) is 35.0. The van der Waals surface area contributed by atoms with E-state index in [-0.39, 0.29) is 12.5 Å². The van der Waals surface area contributed by atoms with Crippen LogP contribution in [0.5, 0.6) is 0 Å². The molecular weight excluding hydrogens is 349 g/mol. The number of carbonyl (C=O) groups excluding carboxylic acids is 3. The summed E-state index contributed by atoms with van der Waals surface area (Å²) in [5.74, 6) is -1.17. The van der Waals surface area contributed by atoms with Gasteiger partial charge < -0.3 is 26.3 Å². The lowest BCUT2D eigenvalue weighted by atomic mass is 10.0. The van der Waals surface area contributed by atoms with Gasteiger partial charge in [0, 0.05) is 19.5 Å². The van der Waals surface area contributed by atoms with Crippen LogP contribution < -0.4 is 16.4 Å². The number of carboxylic acid groups (broad SMARTS) is 1.